The first-order valence-corrected chi connectivity index (χ1v) is 7.70. The van der Waals surface area contributed by atoms with Crippen molar-refractivity contribution in [3.05, 3.63) is 43.1 Å². The highest BCUT2D eigenvalue weighted by molar-refractivity contribution is 6.03. The molecule has 114 valence electrons. The van der Waals surface area contributed by atoms with Crippen molar-refractivity contribution in [1.82, 2.24) is 24.3 Å². The number of aryl methyl sites for hydroxylation is 1. The monoisotopic (exact) mass is 304 g/mol. The normalized spacial score (nSPS) is 11.3. The molecule has 23 heavy (non-hydrogen) atoms. The minimum absolute atomic E-state index is 0.606. The second-order valence-electron chi connectivity index (χ2n) is 5.56. The number of hydrogen-bond acceptors (Lipinski definition) is 3. The molecule has 0 radical (unpaired) electrons. The number of unbranched alkanes of at least 4 members (excludes halogenated alkanes) is 2. The predicted octanol–water partition coefficient (Wildman–Crippen LogP) is 3.40. The van der Waals surface area contributed by atoms with Crippen LogP contribution in [0.2, 0.25) is 0 Å². The van der Waals surface area contributed by atoms with Crippen molar-refractivity contribution in [3.63, 3.8) is 0 Å². The molecule has 4 heterocycles. The van der Waals surface area contributed by atoms with Gasteiger partial charge in [-0.05, 0) is 25.0 Å². The average Bonchev–Trinajstić information content (AvgIpc) is 3.27. The molecule has 0 amide bonds. The van der Waals surface area contributed by atoms with E-state index in [1.807, 2.05) is 35.5 Å². The molecule has 4 aromatic rings. The Kier molecular flexibility index (Phi) is 3.31. The Balaban J connectivity index is 1.68. The van der Waals surface area contributed by atoms with E-state index >= 15 is 0 Å². The van der Waals surface area contributed by atoms with Gasteiger partial charge in [0.05, 0.1) is 23.5 Å². The van der Waals surface area contributed by atoms with Crippen LogP contribution in [0.5, 0.6) is 0 Å². The van der Waals surface area contributed by atoms with E-state index in [1.54, 1.807) is 0 Å². The molecule has 0 aliphatic heterocycles. The van der Waals surface area contributed by atoms with Crippen molar-refractivity contribution in [2.24, 2.45) is 0 Å². The molecule has 4 aromatic heterocycles. The van der Waals surface area contributed by atoms with Gasteiger partial charge in [-0.3, -0.25) is 4.68 Å². The lowest BCUT2D eigenvalue weighted by Crippen LogP contribution is -1.98. The van der Waals surface area contributed by atoms with Crippen LogP contribution >= 0.6 is 0 Å². The van der Waals surface area contributed by atoms with E-state index in [0.717, 1.165) is 47.0 Å². The number of hydrogen-bond donors (Lipinski definition) is 1. The molecule has 6 nitrogen and oxygen atoms in total. The second-order valence-corrected chi connectivity index (χ2v) is 5.56. The van der Waals surface area contributed by atoms with Crippen molar-refractivity contribution in [3.8, 4) is 11.8 Å². The summed E-state index contributed by atoms with van der Waals surface area (Å²) in [5, 5.41) is 15.2. The number of nitrogens with one attached hydrogen (secondary N) is 1. The topological polar surface area (TPSA) is 75.2 Å². The molecule has 0 fully saturated rings. The van der Waals surface area contributed by atoms with Gasteiger partial charge in [0.15, 0.2) is 0 Å². The number of nitrogens with zero attached hydrogens (tertiary/aromatic N) is 5. The molecule has 4 rings (SSSR count). The Morgan fingerprint density at radius 3 is 3.09 bits per heavy atom. The number of aromatic amines is 1. The smallest absolute Gasteiger partial charge is 0.139 e. The van der Waals surface area contributed by atoms with Crippen molar-refractivity contribution < 1.29 is 0 Å². The summed E-state index contributed by atoms with van der Waals surface area (Å²) >= 11 is 0. The van der Waals surface area contributed by atoms with Crippen LogP contribution in [0.3, 0.4) is 0 Å². The summed E-state index contributed by atoms with van der Waals surface area (Å²) in [4.78, 5) is 7.58. The van der Waals surface area contributed by atoms with Crippen LogP contribution < -0.4 is 0 Å². The molecule has 0 atom stereocenters. The number of nitriles is 1. The maximum absolute atomic E-state index is 8.58. The molecule has 0 aromatic carbocycles. The number of rotatable bonds is 5. The summed E-state index contributed by atoms with van der Waals surface area (Å²) in [6.07, 6.45) is 12.3. The maximum atomic E-state index is 8.58. The van der Waals surface area contributed by atoms with Gasteiger partial charge in [-0.15, -0.1) is 0 Å². The zero-order valence-electron chi connectivity index (χ0n) is 12.6. The van der Waals surface area contributed by atoms with Crippen LogP contribution in [0, 0.1) is 11.3 Å². The Morgan fingerprint density at radius 2 is 2.17 bits per heavy atom. The highest BCUT2D eigenvalue weighted by atomic mass is 15.3. The largest absolute Gasteiger partial charge is 0.346 e. The first-order valence-electron chi connectivity index (χ1n) is 7.70. The van der Waals surface area contributed by atoms with Crippen molar-refractivity contribution >= 4 is 21.9 Å². The van der Waals surface area contributed by atoms with Gasteiger partial charge in [0, 0.05) is 48.5 Å². The number of pyridine rings is 1. The summed E-state index contributed by atoms with van der Waals surface area (Å²) in [5.74, 6) is 0. The average molecular weight is 304 g/mol. The summed E-state index contributed by atoms with van der Waals surface area (Å²) in [7, 11) is 0. The van der Waals surface area contributed by atoms with Gasteiger partial charge in [0.1, 0.15) is 5.65 Å². The van der Waals surface area contributed by atoms with Crippen LogP contribution in [0.4, 0.5) is 0 Å². The van der Waals surface area contributed by atoms with E-state index in [2.05, 4.69) is 38.0 Å². The van der Waals surface area contributed by atoms with Crippen LogP contribution in [-0.2, 0) is 6.54 Å². The number of aromatic nitrogens is 5. The maximum Gasteiger partial charge on any atom is 0.139 e. The van der Waals surface area contributed by atoms with Gasteiger partial charge in [0.2, 0.25) is 0 Å². The van der Waals surface area contributed by atoms with E-state index in [9.17, 15) is 0 Å². The highest BCUT2D eigenvalue weighted by Gasteiger charge is 2.10. The SMILES string of the molecule is N#CCCCCn1cc(-n2ccc3cnc4[nH]ccc4c32)cn1. The summed E-state index contributed by atoms with van der Waals surface area (Å²) in [6, 6.07) is 6.29. The Labute approximate surface area is 133 Å². The van der Waals surface area contributed by atoms with E-state index in [0.29, 0.717) is 6.42 Å². The molecule has 0 saturated heterocycles. The summed E-state index contributed by atoms with van der Waals surface area (Å²) in [6.45, 7) is 0.835. The zero-order valence-corrected chi connectivity index (χ0v) is 12.6. The van der Waals surface area contributed by atoms with E-state index in [-0.39, 0.29) is 0 Å². The number of fused-ring (bicyclic) bond motifs is 3. The van der Waals surface area contributed by atoms with Crippen molar-refractivity contribution in [1.29, 1.82) is 5.26 Å². The molecule has 1 N–H and O–H groups in total. The van der Waals surface area contributed by atoms with Crippen molar-refractivity contribution in [2.45, 2.75) is 25.8 Å². The zero-order chi connectivity index (χ0) is 15.6. The molecule has 0 spiro atoms. The molecule has 0 unspecified atom stereocenters. The lowest BCUT2D eigenvalue weighted by atomic mass is 10.2. The minimum Gasteiger partial charge on any atom is -0.346 e. The van der Waals surface area contributed by atoms with Crippen LogP contribution in [-0.4, -0.2) is 24.3 Å². The molecule has 0 aliphatic carbocycles. The Hall–Kier alpha value is -3.07. The van der Waals surface area contributed by atoms with Crippen LogP contribution in [0.1, 0.15) is 19.3 Å². The molecular formula is C17H16N6. The lowest BCUT2D eigenvalue weighted by Gasteiger charge is -2.03. The second kappa shape index (κ2) is 5.61. The van der Waals surface area contributed by atoms with Gasteiger partial charge in [-0.2, -0.15) is 10.4 Å². The predicted molar refractivity (Wildman–Crippen MR) is 88.2 cm³/mol. The standard InChI is InChI=1S/C17H16N6/c18-6-2-1-3-8-22-12-14(11-21-22)23-9-5-13-10-20-17-15(16(13)23)4-7-19-17/h4-5,7,9-12H,1-3,8H2,(H,19,20). The Morgan fingerprint density at radius 1 is 1.22 bits per heavy atom. The van der Waals surface area contributed by atoms with Crippen LogP contribution in [0.15, 0.2) is 43.1 Å². The quantitative estimate of drug-likeness (QED) is 0.574. The summed E-state index contributed by atoms with van der Waals surface area (Å²) in [5.41, 5.74) is 3.07. The fourth-order valence-electron chi connectivity index (χ4n) is 2.92. The molecule has 0 aliphatic rings. The van der Waals surface area contributed by atoms with Crippen molar-refractivity contribution in [2.75, 3.05) is 0 Å². The van der Waals surface area contributed by atoms with Gasteiger partial charge in [-0.1, -0.05) is 0 Å². The fourth-order valence-corrected chi connectivity index (χ4v) is 2.92. The van der Waals surface area contributed by atoms with E-state index in [4.69, 9.17) is 5.26 Å². The lowest BCUT2D eigenvalue weighted by molar-refractivity contribution is 0.562. The van der Waals surface area contributed by atoms with E-state index in [1.165, 1.54) is 0 Å². The summed E-state index contributed by atoms with van der Waals surface area (Å²) < 4.78 is 4.08. The highest BCUT2D eigenvalue weighted by Crippen LogP contribution is 2.26. The van der Waals surface area contributed by atoms with Gasteiger partial charge in [-0.25, -0.2) is 4.98 Å². The van der Waals surface area contributed by atoms with Gasteiger partial charge < -0.3 is 9.55 Å². The molecule has 0 saturated carbocycles. The van der Waals surface area contributed by atoms with Gasteiger partial charge >= 0.3 is 0 Å². The van der Waals surface area contributed by atoms with Crippen LogP contribution in [0.25, 0.3) is 27.6 Å². The molecular weight excluding hydrogens is 288 g/mol. The third kappa shape index (κ3) is 2.36. The number of H-pyrrole nitrogens is 1. The fraction of sp³-hybridized carbons (Fsp3) is 0.235. The third-order valence-corrected chi connectivity index (χ3v) is 4.05. The van der Waals surface area contributed by atoms with E-state index < -0.39 is 0 Å². The first kappa shape index (κ1) is 13.6. The molecule has 0 bridgehead atoms. The third-order valence-electron chi connectivity index (χ3n) is 4.05. The first-order chi connectivity index (χ1) is 11.4. The minimum atomic E-state index is 0.606. The molecule has 6 heteroatoms. The Bertz CT molecular complexity index is 997. The van der Waals surface area contributed by atoms with Gasteiger partial charge in [0.25, 0.3) is 0 Å².